The molecule has 0 spiro atoms. The first-order valence-corrected chi connectivity index (χ1v) is 7.81. The summed E-state index contributed by atoms with van der Waals surface area (Å²) in [5, 5.41) is 8.33. The zero-order valence-electron chi connectivity index (χ0n) is 11.5. The highest BCUT2D eigenvalue weighted by Gasteiger charge is 2.09. The molecule has 20 heavy (non-hydrogen) atoms. The van der Waals surface area contributed by atoms with Gasteiger partial charge in [-0.3, -0.25) is 0 Å². The van der Waals surface area contributed by atoms with Crippen LogP contribution in [-0.2, 0) is 18.3 Å². The highest BCUT2D eigenvalue weighted by Crippen LogP contribution is 2.31. The number of nitrogens with zero attached hydrogens (tertiary/aromatic N) is 3. The second kappa shape index (κ2) is 7.78. The van der Waals surface area contributed by atoms with E-state index in [0.29, 0.717) is 6.61 Å². The van der Waals surface area contributed by atoms with E-state index < -0.39 is 0 Å². The molecule has 1 aromatic heterocycles. The molecule has 0 radical (unpaired) electrons. The van der Waals surface area contributed by atoms with E-state index in [1.807, 2.05) is 13.1 Å². The number of hydrogen-bond donors (Lipinski definition) is 1. The quantitative estimate of drug-likeness (QED) is 0.772. The zero-order valence-corrected chi connectivity index (χ0v) is 13.9. The molecule has 0 fully saturated rings. The molecule has 0 aliphatic heterocycles. The highest BCUT2D eigenvalue weighted by atomic mass is 79.9. The summed E-state index contributed by atoms with van der Waals surface area (Å²) in [6, 6.07) is 6.27. The summed E-state index contributed by atoms with van der Waals surface area (Å²) < 4.78 is 7.86. The van der Waals surface area contributed by atoms with Crippen molar-refractivity contribution >= 4 is 27.7 Å². The van der Waals surface area contributed by atoms with Crippen LogP contribution in [0.15, 0.2) is 39.1 Å². The first kappa shape index (κ1) is 15.5. The lowest BCUT2D eigenvalue weighted by Crippen LogP contribution is -2.18. The largest absolute Gasteiger partial charge is 0.383 e. The molecule has 2 rings (SSSR count). The average Bonchev–Trinajstić information content (AvgIpc) is 2.82. The Kier molecular flexibility index (Phi) is 6.03. The van der Waals surface area contributed by atoms with Crippen molar-refractivity contribution in [3.05, 3.63) is 34.6 Å². The van der Waals surface area contributed by atoms with E-state index in [1.165, 1.54) is 10.5 Å². The summed E-state index contributed by atoms with van der Waals surface area (Å²) in [7, 11) is 3.60. The van der Waals surface area contributed by atoms with Crippen molar-refractivity contribution in [1.82, 2.24) is 20.1 Å². The number of aromatic nitrogens is 3. The van der Waals surface area contributed by atoms with Crippen LogP contribution in [0.2, 0.25) is 0 Å². The minimum Gasteiger partial charge on any atom is -0.383 e. The third kappa shape index (κ3) is 4.31. The molecule has 2 aromatic rings. The molecule has 0 saturated heterocycles. The van der Waals surface area contributed by atoms with Crippen molar-refractivity contribution in [1.29, 1.82) is 0 Å². The van der Waals surface area contributed by atoms with Crippen LogP contribution in [0.4, 0.5) is 0 Å². The molecule has 1 N–H and O–H groups in total. The van der Waals surface area contributed by atoms with Gasteiger partial charge in [-0.2, -0.15) is 5.10 Å². The van der Waals surface area contributed by atoms with Crippen LogP contribution in [0.3, 0.4) is 0 Å². The van der Waals surface area contributed by atoms with Gasteiger partial charge in [0.15, 0.2) is 5.16 Å². The molecule has 0 bridgehead atoms. The Morgan fingerprint density at radius 2 is 2.30 bits per heavy atom. The Bertz CT molecular complexity index is 561. The van der Waals surface area contributed by atoms with Crippen molar-refractivity contribution in [3.8, 4) is 0 Å². The predicted octanol–water partition coefficient (Wildman–Crippen LogP) is 2.46. The predicted molar refractivity (Wildman–Crippen MR) is 82.9 cm³/mol. The topological polar surface area (TPSA) is 52.0 Å². The van der Waals surface area contributed by atoms with Gasteiger partial charge >= 0.3 is 0 Å². The smallest absolute Gasteiger partial charge is 0.190 e. The van der Waals surface area contributed by atoms with Gasteiger partial charge in [-0.05, 0) is 29.5 Å². The fourth-order valence-electron chi connectivity index (χ4n) is 1.64. The Morgan fingerprint density at radius 1 is 1.45 bits per heavy atom. The molecule has 0 unspecified atom stereocenters. The van der Waals surface area contributed by atoms with Crippen molar-refractivity contribution in [3.63, 3.8) is 0 Å². The maximum Gasteiger partial charge on any atom is 0.190 e. The van der Waals surface area contributed by atoms with Crippen molar-refractivity contribution in [2.24, 2.45) is 7.05 Å². The molecule has 5 nitrogen and oxygen atoms in total. The van der Waals surface area contributed by atoms with Crippen molar-refractivity contribution in [2.75, 3.05) is 20.3 Å². The molecule has 7 heteroatoms. The van der Waals surface area contributed by atoms with Crippen LogP contribution >= 0.6 is 27.7 Å². The summed E-state index contributed by atoms with van der Waals surface area (Å²) in [6.07, 6.45) is 1.57. The Morgan fingerprint density at radius 3 is 3.00 bits per heavy atom. The molecule has 0 amide bonds. The molecule has 0 saturated carbocycles. The Hall–Kier alpha value is -0.890. The van der Waals surface area contributed by atoms with Gasteiger partial charge in [0.05, 0.1) is 6.61 Å². The normalized spacial score (nSPS) is 10.9. The van der Waals surface area contributed by atoms with E-state index in [1.54, 1.807) is 29.9 Å². The number of aryl methyl sites for hydroxylation is 1. The van der Waals surface area contributed by atoms with Gasteiger partial charge in [0.2, 0.25) is 0 Å². The summed E-state index contributed by atoms with van der Waals surface area (Å²) in [5.74, 6) is 0. The van der Waals surface area contributed by atoms with Crippen LogP contribution in [0.25, 0.3) is 0 Å². The molecule has 0 atom stereocenters. The van der Waals surface area contributed by atoms with Crippen molar-refractivity contribution < 1.29 is 4.74 Å². The van der Waals surface area contributed by atoms with E-state index in [2.05, 4.69) is 43.5 Å². The number of halogens is 1. The molecular weight excluding hydrogens is 340 g/mol. The maximum absolute atomic E-state index is 5.03. The van der Waals surface area contributed by atoms with Gasteiger partial charge in [0, 0.05) is 36.6 Å². The number of rotatable bonds is 7. The molecular formula is C13H17BrN4OS. The second-order valence-electron chi connectivity index (χ2n) is 4.19. The lowest BCUT2D eigenvalue weighted by Gasteiger charge is -2.10. The van der Waals surface area contributed by atoms with E-state index in [-0.39, 0.29) is 0 Å². The van der Waals surface area contributed by atoms with E-state index >= 15 is 0 Å². The molecule has 1 aromatic carbocycles. The average molecular weight is 357 g/mol. The van der Waals surface area contributed by atoms with Gasteiger partial charge in [0.25, 0.3) is 0 Å². The summed E-state index contributed by atoms with van der Waals surface area (Å²) in [4.78, 5) is 5.42. The number of ether oxygens (including phenoxy) is 1. The number of methoxy groups -OCH3 is 1. The maximum atomic E-state index is 5.03. The lowest BCUT2D eigenvalue weighted by atomic mass is 10.2. The standard InChI is InChI=1S/C13H17BrN4OS/c1-18-13(16-9-17-18)20-12-7-11(14)4-3-10(12)8-15-5-6-19-2/h3-4,7,9,15H,5-6,8H2,1-2H3. The monoisotopic (exact) mass is 356 g/mol. The van der Waals surface area contributed by atoms with Crippen LogP contribution in [-0.4, -0.2) is 35.0 Å². The van der Waals surface area contributed by atoms with E-state index in [9.17, 15) is 0 Å². The van der Waals surface area contributed by atoms with Gasteiger partial charge in [-0.1, -0.05) is 22.0 Å². The van der Waals surface area contributed by atoms with Gasteiger partial charge in [0.1, 0.15) is 6.33 Å². The fraction of sp³-hybridized carbons (Fsp3) is 0.385. The number of benzene rings is 1. The van der Waals surface area contributed by atoms with Crippen LogP contribution in [0, 0.1) is 0 Å². The van der Waals surface area contributed by atoms with Crippen molar-refractivity contribution in [2.45, 2.75) is 16.6 Å². The van der Waals surface area contributed by atoms with Crippen LogP contribution < -0.4 is 5.32 Å². The minimum atomic E-state index is 0.711. The first-order valence-electron chi connectivity index (χ1n) is 6.20. The van der Waals surface area contributed by atoms with Crippen LogP contribution in [0.1, 0.15) is 5.56 Å². The first-order chi connectivity index (χ1) is 9.70. The molecule has 0 aliphatic rings. The lowest BCUT2D eigenvalue weighted by molar-refractivity contribution is 0.199. The molecule has 0 aliphatic carbocycles. The fourth-order valence-corrected chi connectivity index (χ4v) is 3.09. The summed E-state index contributed by atoms with van der Waals surface area (Å²) in [6.45, 7) is 2.35. The zero-order chi connectivity index (χ0) is 14.4. The van der Waals surface area contributed by atoms with E-state index in [0.717, 1.165) is 22.7 Å². The van der Waals surface area contributed by atoms with Gasteiger partial charge < -0.3 is 10.1 Å². The number of hydrogen-bond acceptors (Lipinski definition) is 5. The van der Waals surface area contributed by atoms with Gasteiger partial charge in [-0.25, -0.2) is 9.67 Å². The van der Waals surface area contributed by atoms with Crippen LogP contribution in [0.5, 0.6) is 0 Å². The molecule has 1 heterocycles. The third-order valence-corrected chi connectivity index (χ3v) is 4.34. The summed E-state index contributed by atoms with van der Waals surface area (Å²) in [5.41, 5.74) is 1.23. The Balaban J connectivity index is 2.09. The SMILES string of the molecule is COCCNCc1ccc(Br)cc1Sc1ncnn1C. The van der Waals surface area contributed by atoms with Gasteiger partial charge in [-0.15, -0.1) is 0 Å². The molecule has 108 valence electrons. The number of nitrogens with one attached hydrogen (secondary N) is 1. The Labute approximate surface area is 131 Å². The minimum absolute atomic E-state index is 0.711. The van der Waals surface area contributed by atoms with E-state index in [4.69, 9.17) is 4.74 Å². The third-order valence-electron chi connectivity index (χ3n) is 2.70. The second-order valence-corrected chi connectivity index (χ2v) is 6.11. The highest BCUT2D eigenvalue weighted by molar-refractivity contribution is 9.10. The summed E-state index contributed by atoms with van der Waals surface area (Å²) >= 11 is 5.13.